The Morgan fingerprint density at radius 1 is 0.377 bits per heavy atom. The lowest BCUT2D eigenvalue weighted by Crippen LogP contribution is -2.28. The van der Waals surface area contributed by atoms with Gasteiger partial charge in [0.05, 0.1) is 22.8 Å². The fourth-order valence-corrected chi connectivity index (χ4v) is 10.5. The maximum Gasteiger partial charge on any atom is 0.145 e. The van der Waals surface area contributed by atoms with E-state index >= 15 is 0 Å². The monoisotopic (exact) mass is 776 g/mol. The van der Waals surface area contributed by atoms with Crippen molar-refractivity contribution in [2.45, 2.75) is 5.41 Å². The lowest BCUT2D eigenvalue weighted by molar-refractivity contribution is 0.671. The van der Waals surface area contributed by atoms with Crippen LogP contribution in [-0.2, 0) is 5.41 Å². The summed E-state index contributed by atoms with van der Waals surface area (Å²) in [6, 6.07) is 77.0. The zero-order chi connectivity index (χ0) is 40.1. The molecule has 3 nitrogen and oxygen atoms in total. The molecule has 1 aliphatic carbocycles. The van der Waals surface area contributed by atoms with Gasteiger partial charge in [-0.1, -0.05) is 200 Å². The summed E-state index contributed by atoms with van der Waals surface area (Å²) < 4.78 is 9.36. The van der Waals surface area contributed by atoms with Gasteiger partial charge in [0, 0.05) is 38.2 Å². The fourth-order valence-electron chi connectivity index (χ4n) is 10.5. The van der Waals surface area contributed by atoms with Gasteiger partial charge in [0.1, 0.15) is 16.8 Å². The van der Waals surface area contributed by atoms with E-state index < -0.39 is 5.41 Å². The van der Waals surface area contributed by atoms with Crippen LogP contribution in [0.5, 0.6) is 0 Å². The van der Waals surface area contributed by atoms with Crippen LogP contribution in [0.3, 0.4) is 0 Å². The van der Waals surface area contributed by atoms with Crippen molar-refractivity contribution < 1.29 is 4.42 Å². The average Bonchev–Trinajstić information content (AvgIpc) is 4.04. The second kappa shape index (κ2) is 13.0. The standard InChI is InChI=1S/C58H36N2O/c1-3-15-40(16-4-1)58(41-17-5-2-6-18-41)51-27-11-9-20-45(51)46-34-33-39(35-52(46)58)43-24-14-26-49-48-25-13-23-42(55(48)61-56(43)49)37-29-31-38(32-30-37)54-36-59-57-50-22-8-7-19-44(50)47-21-10-12-28-53(47)60(54)57/h1-36H. The maximum atomic E-state index is 7.06. The van der Waals surface area contributed by atoms with Crippen LogP contribution in [0.1, 0.15) is 22.3 Å². The molecule has 0 fully saturated rings. The number of benzene rings is 9. The highest BCUT2D eigenvalue weighted by Gasteiger charge is 2.46. The summed E-state index contributed by atoms with van der Waals surface area (Å²) in [6.07, 6.45) is 2.01. The molecule has 0 aliphatic heterocycles. The van der Waals surface area contributed by atoms with Crippen LogP contribution in [0.15, 0.2) is 223 Å². The minimum absolute atomic E-state index is 0.477. The summed E-state index contributed by atoms with van der Waals surface area (Å²) in [6.45, 7) is 0. The van der Waals surface area contributed by atoms with Gasteiger partial charge in [0.2, 0.25) is 0 Å². The number of hydrogen-bond donors (Lipinski definition) is 0. The number of aromatic nitrogens is 2. The van der Waals surface area contributed by atoms with Crippen LogP contribution in [0.4, 0.5) is 0 Å². The largest absolute Gasteiger partial charge is 0.455 e. The van der Waals surface area contributed by atoms with Gasteiger partial charge in [-0.25, -0.2) is 4.98 Å². The Bertz CT molecular complexity index is 3650. The van der Waals surface area contributed by atoms with Crippen molar-refractivity contribution in [3.63, 3.8) is 0 Å². The van der Waals surface area contributed by atoms with Gasteiger partial charge in [-0.3, -0.25) is 4.40 Å². The van der Waals surface area contributed by atoms with Crippen LogP contribution in [-0.4, -0.2) is 9.38 Å². The molecular weight excluding hydrogens is 741 g/mol. The number of hydrogen-bond acceptors (Lipinski definition) is 2. The third kappa shape index (κ3) is 4.77. The van der Waals surface area contributed by atoms with Crippen LogP contribution in [0, 0.1) is 0 Å². The van der Waals surface area contributed by atoms with Gasteiger partial charge in [-0.2, -0.15) is 0 Å². The van der Waals surface area contributed by atoms with Crippen LogP contribution < -0.4 is 0 Å². The Morgan fingerprint density at radius 2 is 0.902 bits per heavy atom. The van der Waals surface area contributed by atoms with Gasteiger partial charge in [-0.15, -0.1) is 0 Å². The number of furan rings is 1. The van der Waals surface area contributed by atoms with Crippen LogP contribution in [0.25, 0.3) is 93.9 Å². The molecule has 0 radical (unpaired) electrons. The third-order valence-corrected chi connectivity index (χ3v) is 13.2. The van der Waals surface area contributed by atoms with Crippen molar-refractivity contribution in [1.82, 2.24) is 9.38 Å². The fraction of sp³-hybridized carbons (Fsp3) is 0.0172. The van der Waals surface area contributed by atoms with Gasteiger partial charge in [-0.05, 0) is 62.0 Å². The highest BCUT2D eigenvalue weighted by molar-refractivity contribution is 6.14. The smallest absolute Gasteiger partial charge is 0.145 e. The van der Waals surface area contributed by atoms with Gasteiger partial charge in [0.15, 0.2) is 0 Å². The number of pyridine rings is 1. The van der Waals surface area contributed by atoms with Crippen molar-refractivity contribution >= 4 is 49.3 Å². The van der Waals surface area contributed by atoms with Gasteiger partial charge in [0.25, 0.3) is 0 Å². The first-order valence-corrected chi connectivity index (χ1v) is 21.0. The van der Waals surface area contributed by atoms with E-state index in [1.807, 2.05) is 6.20 Å². The first kappa shape index (κ1) is 33.9. The van der Waals surface area contributed by atoms with Crippen molar-refractivity contribution in [2.24, 2.45) is 0 Å². The van der Waals surface area contributed by atoms with E-state index in [0.717, 1.165) is 72.0 Å². The lowest BCUT2D eigenvalue weighted by atomic mass is 9.67. The molecule has 12 aromatic rings. The van der Waals surface area contributed by atoms with Gasteiger partial charge >= 0.3 is 0 Å². The summed E-state index contributed by atoms with van der Waals surface area (Å²) >= 11 is 0. The second-order valence-electron chi connectivity index (χ2n) is 16.2. The van der Waals surface area contributed by atoms with E-state index in [-0.39, 0.29) is 0 Å². The van der Waals surface area contributed by atoms with Crippen molar-refractivity contribution in [1.29, 1.82) is 0 Å². The summed E-state index contributed by atoms with van der Waals surface area (Å²) in [5.74, 6) is 0. The molecule has 3 aromatic heterocycles. The normalized spacial score (nSPS) is 13.0. The lowest BCUT2D eigenvalue weighted by Gasteiger charge is -2.34. The molecule has 13 rings (SSSR count). The van der Waals surface area contributed by atoms with E-state index in [0.29, 0.717) is 0 Å². The topological polar surface area (TPSA) is 30.4 Å². The summed E-state index contributed by atoms with van der Waals surface area (Å²) in [5, 5.41) is 5.80. The summed E-state index contributed by atoms with van der Waals surface area (Å²) in [7, 11) is 0. The summed E-state index contributed by atoms with van der Waals surface area (Å²) in [5.41, 5.74) is 17.6. The predicted octanol–water partition coefficient (Wildman–Crippen LogP) is 14.9. The molecule has 3 heteroatoms. The molecule has 0 N–H and O–H groups in total. The Kier molecular flexibility index (Phi) is 7.22. The number of nitrogens with zero attached hydrogens (tertiary/aromatic N) is 2. The van der Waals surface area contributed by atoms with Crippen molar-refractivity contribution in [3.8, 4) is 44.6 Å². The predicted molar refractivity (Wildman–Crippen MR) is 251 cm³/mol. The molecule has 0 saturated carbocycles. The molecule has 1 aliphatic rings. The molecule has 9 aromatic carbocycles. The number of imidazole rings is 1. The number of rotatable bonds is 5. The SMILES string of the molecule is c1ccc(C2(c3ccccc3)c3ccccc3-c3ccc(-c4cccc5c4oc4c(-c6ccc(-c7cnc8c9ccccc9c9ccccc9n78)cc6)cccc45)cc32)cc1. The molecule has 0 bridgehead atoms. The zero-order valence-electron chi connectivity index (χ0n) is 33.1. The molecule has 0 amide bonds. The molecule has 0 atom stereocenters. The van der Waals surface area contributed by atoms with E-state index in [9.17, 15) is 0 Å². The zero-order valence-corrected chi connectivity index (χ0v) is 33.1. The van der Waals surface area contributed by atoms with Gasteiger partial charge < -0.3 is 4.42 Å². The molecular formula is C58H36N2O. The molecule has 61 heavy (non-hydrogen) atoms. The maximum absolute atomic E-state index is 7.06. The quantitative estimate of drug-likeness (QED) is 0.163. The first-order chi connectivity index (χ1) is 30.3. The van der Waals surface area contributed by atoms with E-state index in [4.69, 9.17) is 9.40 Å². The van der Waals surface area contributed by atoms with E-state index in [1.54, 1.807) is 0 Å². The number of para-hydroxylation sites is 3. The van der Waals surface area contributed by atoms with Crippen LogP contribution >= 0.6 is 0 Å². The Balaban J connectivity index is 0.952. The Morgan fingerprint density at radius 3 is 1.62 bits per heavy atom. The van der Waals surface area contributed by atoms with Crippen molar-refractivity contribution in [3.05, 3.63) is 241 Å². The Hall–Kier alpha value is -8.01. The van der Waals surface area contributed by atoms with E-state index in [2.05, 4.69) is 217 Å². The molecule has 0 unspecified atom stereocenters. The second-order valence-corrected chi connectivity index (χ2v) is 16.2. The highest BCUT2D eigenvalue weighted by Crippen LogP contribution is 2.57. The molecule has 0 saturated heterocycles. The number of fused-ring (bicyclic) bond motifs is 12. The highest BCUT2D eigenvalue weighted by atomic mass is 16.3. The van der Waals surface area contributed by atoms with E-state index in [1.165, 1.54) is 44.2 Å². The van der Waals surface area contributed by atoms with Crippen molar-refractivity contribution in [2.75, 3.05) is 0 Å². The van der Waals surface area contributed by atoms with Crippen LogP contribution in [0.2, 0.25) is 0 Å². The first-order valence-electron chi connectivity index (χ1n) is 21.0. The minimum Gasteiger partial charge on any atom is -0.455 e. The minimum atomic E-state index is -0.477. The molecule has 0 spiro atoms. The molecule has 284 valence electrons. The Labute approximate surface area is 352 Å². The average molecular weight is 777 g/mol. The summed E-state index contributed by atoms with van der Waals surface area (Å²) in [4.78, 5) is 4.97. The molecule has 3 heterocycles. The third-order valence-electron chi connectivity index (χ3n) is 13.2.